The van der Waals surface area contributed by atoms with E-state index >= 15 is 0 Å². The van der Waals surface area contributed by atoms with E-state index in [2.05, 4.69) is 5.32 Å². The summed E-state index contributed by atoms with van der Waals surface area (Å²) in [5.74, 6) is -1.46. The summed E-state index contributed by atoms with van der Waals surface area (Å²) in [5.41, 5.74) is 0.706. The minimum absolute atomic E-state index is 0.157. The number of carbonyl (C=O) groups is 3. The van der Waals surface area contributed by atoms with Crippen molar-refractivity contribution in [3.05, 3.63) is 59.0 Å². The lowest BCUT2D eigenvalue weighted by molar-refractivity contribution is -0.122. The van der Waals surface area contributed by atoms with Crippen molar-refractivity contribution in [2.75, 3.05) is 4.90 Å². The van der Waals surface area contributed by atoms with Gasteiger partial charge in [-0.25, -0.2) is 9.69 Å². The molecule has 22 heavy (non-hydrogen) atoms. The fourth-order valence-electron chi connectivity index (χ4n) is 2.01. The highest BCUT2D eigenvalue weighted by molar-refractivity contribution is 6.39. The van der Waals surface area contributed by atoms with Crippen molar-refractivity contribution in [2.45, 2.75) is 0 Å². The Kier molecular flexibility index (Phi) is 3.52. The molecule has 0 spiro atoms. The van der Waals surface area contributed by atoms with Gasteiger partial charge < -0.3 is 4.42 Å². The summed E-state index contributed by atoms with van der Waals surface area (Å²) < 4.78 is 4.89. The molecule has 2 heterocycles. The number of benzene rings is 1. The maximum Gasteiger partial charge on any atom is 0.335 e. The van der Waals surface area contributed by atoms with Crippen molar-refractivity contribution in [2.24, 2.45) is 0 Å². The average molecular weight is 317 g/mol. The minimum atomic E-state index is -0.804. The van der Waals surface area contributed by atoms with Crippen LogP contribution in [0.25, 0.3) is 6.08 Å². The molecule has 2 aromatic rings. The first-order chi connectivity index (χ1) is 10.6. The third-order valence-corrected chi connectivity index (χ3v) is 3.29. The summed E-state index contributed by atoms with van der Waals surface area (Å²) in [6, 6.07) is 6.93. The zero-order chi connectivity index (χ0) is 15.7. The lowest BCUT2D eigenvalue weighted by Crippen LogP contribution is -2.54. The molecule has 0 radical (unpaired) electrons. The fraction of sp³-hybridized carbons (Fsp3) is 0. The maximum atomic E-state index is 12.5. The number of amides is 4. The molecule has 4 amide bonds. The number of barbiturate groups is 1. The highest BCUT2D eigenvalue weighted by atomic mass is 35.5. The molecule has 0 saturated carbocycles. The monoisotopic (exact) mass is 316 g/mol. The number of nitrogens with one attached hydrogen (secondary N) is 1. The third-order valence-electron chi connectivity index (χ3n) is 3.04. The van der Waals surface area contributed by atoms with Crippen LogP contribution in [0.1, 0.15) is 5.56 Å². The first-order valence-electron chi connectivity index (χ1n) is 6.25. The van der Waals surface area contributed by atoms with Crippen molar-refractivity contribution in [3.63, 3.8) is 0 Å². The van der Waals surface area contributed by atoms with E-state index in [1.165, 1.54) is 30.7 Å². The molecule has 1 aliphatic heterocycles. The molecule has 1 fully saturated rings. The zero-order valence-corrected chi connectivity index (χ0v) is 11.8. The summed E-state index contributed by atoms with van der Waals surface area (Å²) in [6.45, 7) is 0. The highest BCUT2D eigenvalue weighted by Crippen LogP contribution is 2.23. The van der Waals surface area contributed by atoms with Gasteiger partial charge >= 0.3 is 6.03 Å². The number of anilines is 1. The van der Waals surface area contributed by atoms with Gasteiger partial charge in [-0.2, -0.15) is 0 Å². The molecule has 1 aromatic heterocycles. The van der Waals surface area contributed by atoms with E-state index in [0.717, 1.165) is 4.90 Å². The Balaban J connectivity index is 2.01. The largest absolute Gasteiger partial charge is 0.472 e. The third kappa shape index (κ3) is 2.51. The molecule has 1 saturated heterocycles. The first-order valence-corrected chi connectivity index (χ1v) is 6.63. The number of hydrogen-bond acceptors (Lipinski definition) is 4. The number of furan rings is 1. The Morgan fingerprint density at radius 2 is 1.82 bits per heavy atom. The lowest BCUT2D eigenvalue weighted by Gasteiger charge is -2.26. The van der Waals surface area contributed by atoms with E-state index in [4.69, 9.17) is 16.0 Å². The number of urea groups is 1. The molecular weight excluding hydrogens is 308 g/mol. The second-order valence-corrected chi connectivity index (χ2v) is 4.93. The normalized spacial score (nSPS) is 17.0. The standard InChI is InChI=1S/C15H9ClN2O4/c16-10-1-3-11(4-2-10)18-14(20)12(13(19)17-15(18)21)7-9-5-6-22-8-9/h1-8H,(H,17,19,21). The first kappa shape index (κ1) is 14.1. The molecule has 7 heteroatoms. The molecular formula is C15H9ClN2O4. The van der Waals surface area contributed by atoms with Gasteiger partial charge in [-0.05, 0) is 36.4 Å². The zero-order valence-electron chi connectivity index (χ0n) is 11.1. The predicted octanol–water partition coefficient (Wildman–Crippen LogP) is 2.60. The molecule has 1 aliphatic rings. The van der Waals surface area contributed by atoms with Crippen molar-refractivity contribution in [3.8, 4) is 0 Å². The van der Waals surface area contributed by atoms with Crippen LogP contribution in [0.5, 0.6) is 0 Å². The van der Waals surface area contributed by atoms with Crippen molar-refractivity contribution >= 4 is 41.2 Å². The second kappa shape index (κ2) is 5.50. The molecule has 6 nitrogen and oxygen atoms in total. The number of hydrogen-bond donors (Lipinski definition) is 1. The van der Waals surface area contributed by atoms with Crippen LogP contribution in [0.15, 0.2) is 52.8 Å². The van der Waals surface area contributed by atoms with Gasteiger partial charge in [0, 0.05) is 10.6 Å². The van der Waals surface area contributed by atoms with E-state index in [-0.39, 0.29) is 5.57 Å². The average Bonchev–Trinajstić information content (AvgIpc) is 2.98. The summed E-state index contributed by atoms with van der Waals surface area (Å²) in [7, 11) is 0. The molecule has 1 N–H and O–H groups in total. The van der Waals surface area contributed by atoms with E-state index in [1.807, 2.05) is 0 Å². The predicted molar refractivity (Wildman–Crippen MR) is 79.2 cm³/mol. The SMILES string of the molecule is O=C1NC(=O)N(c2ccc(Cl)cc2)C(=O)C1=Cc1ccoc1. The fourth-order valence-corrected chi connectivity index (χ4v) is 2.13. The van der Waals surface area contributed by atoms with Crippen LogP contribution >= 0.6 is 11.6 Å². The molecule has 0 bridgehead atoms. The summed E-state index contributed by atoms with van der Waals surface area (Å²) >= 11 is 5.79. The number of rotatable bonds is 2. The van der Waals surface area contributed by atoms with E-state index < -0.39 is 17.8 Å². The van der Waals surface area contributed by atoms with Crippen LogP contribution < -0.4 is 10.2 Å². The van der Waals surface area contributed by atoms with Crippen LogP contribution in [-0.4, -0.2) is 17.8 Å². The van der Waals surface area contributed by atoms with Gasteiger partial charge in [0.1, 0.15) is 5.57 Å². The van der Waals surface area contributed by atoms with Gasteiger partial charge in [0.25, 0.3) is 11.8 Å². The van der Waals surface area contributed by atoms with Crippen LogP contribution in [0.4, 0.5) is 10.5 Å². The van der Waals surface area contributed by atoms with E-state index in [0.29, 0.717) is 16.3 Å². The lowest BCUT2D eigenvalue weighted by atomic mass is 10.1. The number of imide groups is 2. The van der Waals surface area contributed by atoms with Crippen molar-refractivity contribution in [1.29, 1.82) is 0 Å². The molecule has 0 atom stereocenters. The highest BCUT2D eigenvalue weighted by Gasteiger charge is 2.36. The number of halogens is 1. The topological polar surface area (TPSA) is 79.6 Å². The molecule has 3 rings (SSSR count). The van der Waals surface area contributed by atoms with Crippen molar-refractivity contribution < 1.29 is 18.8 Å². The Morgan fingerprint density at radius 1 is 1.09 bits per heavy atom. The molecule has 1 aromatic carbocycles. The minimum Gasteiger partial charge on any atom is -0.472 e. The summed E-state index contributed by atoms with van der Waals surface area (Å²) in [5, 5.41) is 2.60. The van der Waals surface area contributed by atoms with Crippen molar-refractivity contribution in [1.82, 2.24) is 5.32 Å². The maximum absolute atomic E-state index is 12.5. The number of nitrogens with zero attached hydrogens (tertiary/aromatic N) is 1. The van der Waals surface area contributed by atoms with E-state index in [9.17, 15) is 14.4 Å². The van der Waals surface area contributed by atoms with Crippen LogP contribution in [-0.2, 0) is 9.59 Å². The smallest absolute Gasteiger partial charge is 0.335 e. The van der Waals surface area contributed by atoms with Crippen LogP contribution in [0.3, 0.4) is 0 Å². The van der Waals surface area contributed by atoms with E-state index in [1.54, 1.807) is 18.2 Å². The molecule has 110 valence electrons. The Morgan fingerprint density at radius 3 is 2.45 bits per heavy atom. The quantitative estimate of drug-likeness (QED) is 0.682. The van der Waals surface area contributed by atoms with Crippen LogP contribution in [0.2, 0.25) is 5.02 Å². The summed E-state index contributed by atoms with van der Waals surface area (Å²) in [4.78, 5) is 37.2. The van der Waals surface area contributed by atoms with Gasteiger partial charge in [-0.1, -0.05) is 11.6 Å². The van der Waals surface area contributed by atoms with Gasteiger partial charge in [0.2, 0.25) is 0 Å². The van der Waals surface area contributed by atoms with Gasteiger partial charge in [0.05, 0.1) is 18.2 Å². The molecule has 0 unspecified atom stereocenters. The Hall–Kier alpha value is -2.86. The van der Waals surface area contributed by atoms with Gasteiger partial charge in [-0.15, -0.1) is 0 Å². The Labute approximate surface area is 130 Å². The molecule has 0 aliphatic carbocycles. The van der Waals surface area contributed by atoms with Crippen LogP contribution in [0, 0.1) is 0 Å². The van der Waals surface area contributed by atoms with Gasteiger partial charge in [-0.3, -0.25) is 14.9 Å². The van der Waals surface area contributed by atoms with Gasteiger partial charge in [0.15, 0.2) is 0 Å². The summed E-state index contributed by atoms with van der Waals surface area (Å²) in [6.07, 6.45) is 4.16. The Bertz CT molecular complexity index is 778. The number of carbonyl (C=O) groups excluding carboxylic acids is 3. The second-order valence-electron chi connectivity index (χ2n) is 4.49.